The molecule has 0 saturated carbocycles. The molecule has 50 valence electrons. The molecule has 0 saturated heterocycles. The molecule has 0 heterocycles. The maximum absolute atomic E-state index is 4.08. The molecule has 0 aromatic rings. The van der Waals surface area contributed by atoms with E-state index in [-0.39, 0.29) is 0 Å². The van der Waals surface area contributed by atoms with Crippen LogP contribution in [0.25, 0.3) is 0 Å². The Morgan fingerprint density at radius 2 is 2.00 bits per heavy atom. The summed E-state index contributed by atoms with van der Waals surface area (Å²) in [6, 6.07) is 0. The number of aliphatic imine (C=N–C) groups is 1. The van der Waals surface area contributed by atoms with E-state index >= 15 is 0 Å². The van der Waals surface area contributed by atoms with Gasteiger partial charge in [0, 0.05) is 6.21 Å². The average Bonchev–Trinajstić information content (AvgIpc) is 1.82. The molecule has 9 heavy (non-hydrogen) atoms. The summed E-state index contributed by atoms with van der Waals surface area (Å²) in [4.78, 5) is 4.08. The van der Waals surface area contributed by atoms with E-state index < -0.39 is 0 Å². The third-order valence-electron chi connectivity index (χ3n) is 0.974. The summed E-state index contributed by atoms with van der Waals surface area (Å²) in [5.74, 6) is 0. The molecule has 1 nitrogen and oxygen atoms in total. The summed E-state index contributed by atoms with van der Waals surface area (Å²) < 4.78 is 0. The minimum absolute atomic E-state index is 0.970. The minimum Gasteiger partial charge on any atom is -0.262 e. The van der Waals surface area contributed by atoms with Gasteiger partial charge in [-0.15, -0.1) is 0 Å². The van der Waals surface area contributed by atoms with E-state index in [9.17, 15) is 0 Å². The van der Waals surface area contributed by atoms with Crippen LogP contribution in [-0.4, -0.2) is 6.21 Å². The van der Waals surface area contributed by atoms with Crippen LogP contribution in [0.2, 0.25) is 0 Å². The summed E-state index contributed by atoms with van der Waals surface area (Å²) in [5, 5.41) is 0. The molecule has 0 N–H and O–H groups in total. The van der Waals surface area contributed by atoms with Crippen LogP contribution in [0.15, 0.2) is 28.9 Å². The number of allylic oxidation sites excluding steroid dienone is 2. The van der Waals surface area contributed by atoms with Gasteiger partial charge in [0.2, 0.25) is 0 Å². The highest BCUT2D eigenvalue weighted by Crippen LogP contribution is 2.03. The van der Waals surface area contributed by atoms with Crippen molar-refractivity contribution in [3.63, 3.8) is 0 Å². The standard InChI is InChI=1S/C8H13N/c1-5-8(7(3)4)9-6-2/h5-6H,1H2,2-4H3. The Morgan fingerprint density at radius 1 is 1.44 bits per heavy atom. The SMILES string of the molecule is C=CC(N=CC)=C(C)C. The Balaban J connectivity index is 4.34. The molecule has 1 heteroatoms. The smallest absolute Gasteiger partial charge is 0.0606 e. The first-order valence-corrected chi connectivity index (χ1v) is 3.01. The fraction of sp³-hybridized carbons (Fsp3) is 0.375. The molecule has 0 radical (unpaired) electrons. The fourth-order valence-electron chi connectivity index (χ4n) is 0.525. The van der Waals surface area contributed by atoms with Crippen LogP contribution in [0.1, 0.15) is 20.8 Å². The monoisotopic (exact) mass is 123 g/mol. The van der Waals surface area contributed by atoms with Gasteiger partial charge in [0.1, 0.15) is 0 Å². The molecule has 0 aromatic carbocycles. The van der Waals surface area contributed by atoms with E-state index in [4.69, 9.17) is 0 Å². The molecule has 0 rings (SSSR count). The second kappa shape index (κ2) is 4.07. The molecule has 0 bridgehead atoms. The van der Waals surface area contributed by atoms with Gasteiger partial charge >= 0.3 is 0 Å². The van der Waals surface area contributed by atoms with Crippen molar-refractivity contribution in [2.24, 2.45) is 4.99 Å². The summed E-state index contributed by atoms with van der Waals surface area (Å²) in [6.45, 7) is 9.56. The lowest BCUT2D eigenvalue weighted by Crippen LogP contribution is -1.75. The normalized spacial score (nSPS) is 9.67. The van der Waals surface area contributed by atoms with Crippen LogP contribution >= 0.6 is 0 Å². The molecular weight excluding hydrogens is 110 g/mol. The van der Waals surface area contributed by atoms with Crippen molar-refractivity contribution < 1.29 is 0 Å². The van der Waals surface area contributed by atoms with Crippen molar-refractivity contribution in [3.05, 3.63) is 23.9 Å². The first kappa shape index (κ1) is 8.15. The Kier molecular flexibility index (Phi) is 3.69. The van der Waals surface area contributed by atoms with Crippen LogP contribution in [0.4, 0.5) is 0 Å². The van der Waals surface area contributed by atoms with Crippen molar-refractivity contribution in [2.75, 3.05) is 0 Å². The van der Waals surface area contributed by atoms with E-state index in [0.717, 1.165) is 5.70 Å². The van der Waals surface area contributed by atoms with E-state index in [2.05, 4.69) is 11.6 Å². The number of rotatable bonds is 2. The largest absolute Gasteiger partial charge is 0.262 e. The summed E-state index contributed by atoms with van der Waals surface area (Å²) >= 11 is 0. The molecule has 0 atom stereocenters. The van der Waals surface area contributed by atoms with Crippen molar-refractivity contribution >= 4 is 6.21 Å². The van der Waals surface area contributed by atoms with Crippen LogP contribution in [0.3, 0.4) is 0 Å². The zero-order chi connectivity index (χ0) is 7.28. The first-order valence-electron chi connectivity index (χ1n) is 3.01. The van der Waals surface area contributed by atoms with Crippen molar-refractivity contribution in [2.45, 2.75) is 20.8 Å². The lowest BCUT2D eigenvalue weighted by molar-refractivity contribution is 1.26. The van der Waals surface area contributed by atoms with Crippen LogP contribution < -0.4 is 0 Å². The third-order valence-corrected chi connectivity index (χ3v) is 0.974. The van der Waals surface area contributed by atoms with E-state index in [0.29, 0.717) is 0 Å². The average molecular weight is 123 g/mol. The highest BCUT2D eigenvalue weighted by Gasteiger charge is 1.85. The molecular formula is C8H13N. The Hall–Kier alpha value is -0.850. The maximum Gasteiger partial charge on any atom is 0.0606 e. The van der Waals surface area contributed by atoms with E-state index in [1.165, 1.54) is 5.57 Å². The number of hydrogen-bond donors (Lipinski definition) is 0. The lowest BCUT2D eigenvalue weighted by Gasteiger charge is -1.93. The van der Waals surface area contributed by atoms with Crippen LogP contribution in [0, 0.1) is 0 Å². The molecule has 0 amide bonds. The minimum atomic E-state index is 0.970. The van der Waals surface area contributed by atoms with Gasteiger partial charge in [-0.1, -0.05) is 12.2 Å². The third kappa shape index (κ3) is 2.85. The maximum atomic E-state index is 4.08. The molecule has 0 spiro atoms. The molecule has 0 aliphatic carbocycles. The summed E-state index contributed by atoms with van der Waals surface area (Å²) in [5.41, 5.74) is 2.17. The highest BCUT2D eigenvalue weighted by atomic mass is 14.7. The first-order chi connectivity index (χ1) is 4.22. The van der Waals surface area contributed by atoms with Crippen LogP contribution in [-0.2, 0) is 0 Å². The second-order valence-electron chi connectivity index (χ2n) is 1.98. The van der Waals surface area contributed by atoms with Gasteiger partial charge < -0.3 is 0 Å². The molecule has 0 aromatic heterocycles. The molecule has 0 unspecified atom stereocenters. The van der Waals surface area contributed by atoms with Gasteiger partial charge in [-0.25, -0.2) is 0 Å². The van der Waals surface area contributed by atoms with E-state index in [1.54, 1.807) is 12.3 Å². The van der Waals surface area contributed by atoms with Gasteiger partial charge in [-0.05, 0) is 26.8 Å². The predicted octanol–water partition coefficient (Wildman–Crippen LogP) is 2.56. The van der Waals surface area contributed by atoms with Crippen LogP contribution in [0.5, 0.6) is 0 Å². The van der Waals surface area contributed by atoms with Crippen molar-refractivity contribution in [1.29, 1.82) is 0 Å². The Bertz CT molecular complexity index is 148. The fourth-order valence-corrected chi connectivity index (χ4v) is 0.525. The zero-order valence-corrected chi connectivity index (χ0v) is 6.31. The van der Waals surface area contributed by atoms with Crippen molar-refractivity contribution in [1.82, 2.24) is 0 Å². The quantitative estimate of drug-likeness (QED) is 0.395. The van der Waals surface area contributed by atoms with Gasteiger partial charge in [0.15, 0.2) is 0 Å². The number of nitrogens with zero attached hydrogens (tertiary/aromatic N) is 1. The summed E-state index contributed by atoms with van der Waals surface area (Å²) in [7, 11) is 0. The zero-order valence-electron chi connectivity index (χ0n) is 6.31. The Labute approximate surface area is 56.8 Å². The predicted molar refractivity (Wildman–Crippen MR) is 42.7 cm³/mol. The highest BCUT2D eigenvalue weighted by molar-refractivity contribution is 5.56. The molecule has 0 aliphatic heterocycles. The lowest BCUT2D eigenvalue weighted by atomic mass is 10.2. The van der Waals surface area contributed by atoms with Crippen molar-refractivity contribution in [3.8, 4) is 0 Å². The van der Waals surface area contributed by atoms with Gasteiger partial charge in [0.05, 0.1) is 5.70 Å². The number of hydrogen-bond acceptors (Lipinski definition) is 1. The van der Waals surface area contributed by atoms with E-state index in [1.807, 2.05) is 20.8 Å². The topological polar surface area (TPSA) is 12.4 Å². The Morgan fingerprint density at radius 3 is 2.11 bits per heavy atom. The molecule has 0 aliphatic rings. The second-order valence-corrected chi connectivity index (χ2v) is 1.98. The van der Waals surface area contributed by atoms with Gasteiger partial charge in [0.25, 0.3) is 0 Å². The van der Waals surface area contributed by atoms with Gasteiger partial charge in [-0.2, -0.15) is 0 Å². The summed E-state index contributed by atoms with van der Waals surface area (Å²) in [6.07, 6.45) is 3.53. The van der Waals surface area contributed by atoms with Gasteiger partial charge in [-0.3, -0.25) is 4.99 Å². The molecule has 0 fully saturated rings.